The van der Waals surface area contributed by atoms with Crippen molar-refractivity contribution in [2.24, 2.45) is 16.7 Å². The number of halogens is 2. The highest BCUT2D eigenvalue weighted by Gasteiger charge is 2.79. The smallest absolute Gasteiger partial charge is 0.217 e. The topological polar surface area (TPSA) is 114 Å². The number of nitriles is 3. The van der Waals surface area contributed by atoms with E-state index in [0.717, 1.165) is 18.2 Å². The molecule has 2 bridgehead atoms. The molecule has 0 aromatic heterocycles. The lowest BCUT2D eigenvalue weighted by Crippen LogP contribution is -2.58. The van der Waals surface area contributed by atoms with Crippen molar-refractivity contribution < 1.29 is 18.3 Å². The van der Waals surface area contributed by atoms with Crippen LogP contribution in [0.3, 0.4) is 0 Å². The van der Waals surface area contributed by atoms with Crippen LogP contribution in [0.1, 0.15) is 31.9 Å². The van der Waals surface area contributed by atoms with Crippen molar-refractivity contribution in [3.05, 3.63) is 35.4 Å². The first-order valence-corrected chi connectivity index (χ1v) is 7.93. The van der Waals surface area contributed by atoms with Crippen LogP contribution in [0, 0.1) is 67.8 Å². The maximum atomic E-state index is 14.5. The van der Waals surface area contributed by atoms with Gasteiger partial charge < -0.3 is 9.47 Å². The van der Waals surface area contributed by atoms with E-state index in [4.69, 9.17) is 14.9 Å². The molecule has 4 unspecified atom stereocenters. The number of hydrogen-bond acceptors (Lipinski definition) is 6. The molecule has 0 radical (unpaired) electrons. The van der Waals surface area contributed by atoms with Gasteiger partial charge in [0.2, 0.25) is 17.1 Å². The van der Waals surface area contributed by atoms with Gasteiger partial charge in [0.1, 0.15) is 17.7 Å². The number of nitrogens with zero attached hydrogens (tertiary/aromatic N) is 3. The van der Waals surface area contributed by atoms with Gasteiger partial charge in [-0.3, -0.25) is 5.41 Å². The molecule has 3 rings (SSSR count). The second-order valence-corrected chi connectivity index (χ2v) is 6.43. The van der Waals surface area contributed by atoms with Crippen LogP contribution in [0.15, 0.2) is 18.2 Å². The Kier molecular flexibility index (Phi) is 3.76. The zero-order chi connectivity index (χ0) is 19.3. The SMILES string of the molecule is CCC12OC(=N)C(C#N)(C1C)C(C#N)(C#N)C(c1cc(F)ccc1F)O2. The Balaban J connectivity index is 2.38. The Morgan fingerprint density at radius 1 is 1.19 bits per heavy atom. The average Bonchev–Trinajstić information content (AvgIpc) is 2.80. The number of ether oxygens (including phenoxy) is 2. The molecule has 6 nitrogen and oxygen atoms in total. The maximum absolute atomic E-state index is 14.5. The molecule has 2 aliphatic rings. The average molecular weight is 356 g/mol. The molecule has 2 fully saturated rings. The van der Waals surface area contributed by atoms with Crippen molar-refractivity contribution in [2.45, 2.75) is 32.2 Å². The lowest BCUT2D eigenvalue weighted by Gasteiger charge is -2.48. The van der Waals surface area contributed by atoms with Crippen LogP contribution < -0.4 is 0 Å². The van der Waals surface area contributed by atoms with Crippen molar-refractivity contribution in [1.29, 1.82) is 21.2 Å². The first-order chi connectivity index (χ1) is 12.3. The zero-order valence-electron chi connectivity index (χ0n) is 14.0. The molecule has 132 valence electrons. The lowest BCUT2D eigenvalue weighted by molar-refractivity contribution is -0.280. The fraction of sp³-hybridized carbons (Fsp3) is 0.444. The summed E-state index contributed by atoms with van der Waals surface area (Å²) >= 11 is 0. The molecule has 1 aromatic rings. The van der Waals surface area contributed by atoms with E-state index in [0.29, 0.717) is 0 Å². The van der Waals surface area contributed by atoms with Gasteiger partial charge >= 0.3 is 0 Å². The third kappa shape index (κ3) is 1.76. The fourth-order valence-electron chi connectivity index (χ4n) is 4.04. The Labute approximate surface area is 148 Å². The van der Waals surface area contributed by atoms with Gasteiger partial charge in [0.25, 0.3) is 0 Å². The zero-order valence-corrected chi connectivity index (χ0v) is 14.0. The van der Waals surface area contributed by atoms with E-state index < -0.39 is 46.2 Å². The summed E-state index contributed by atoms with van der Waals surface area (Å²) < 4.78 is 39.6. The monoisotopic (exact) mass is 356 g/mol. The standard InChI is InChI=1S/C18H14F2N4O2/c1-3-18-10(2)17(9-23,15(24)26-18)16(7-21,8-22)14(25-18)12-6-11(19)4-5-13(12)20/h4-6,10,14,24H,3H2,1-2H3. The predicted octanol–water partition coefficient (Wildman–Crippen LogP) is 3.33. The van der Waals surface area contributed by atoms with Gasteiger partial charge in [0.15, 0.2) is 5.41 Å². The molecule has 0 saturated carbocycles. The summed E-state index contributed by atoms with van der Waals surface area (Å²) in [7, 11) is 0. The molecule has 26 heavy (non-hydrogen) atoms. The number of hydrogen-bond donors (Lipinski definition) is 1. The van der Waals surface area contributed by atoms with E-state index in [1.165, 1.54) is 0 Å². The highest BCUT2D eigenvalue weighted by Crippen LogP contribution is 2.67. The highest BCUT2D eigenvalue weighted by molar-refractivity contribution is 5.89. The second-order valence-electron chi connectivity index (χ2n) is 6.43. The van der Waals surface area contributed by atoms with E-state index in [1.807, 2.05) is 6.07 Å². The normalized spacial score (nSPS) is 34.3. The van der Waals surface area contributed by atoms with Crippen LogP contribution in [0.2, 0.25) is 0 Å². The first kappa shape index (κ1) is 17.8. The van der Waals surface area contributed by atoms with E-state index >= 15 is 0 Å². The molecule has 8 heteroatoms. The minimum absolute atomic E-state index is 0.181. The summed E-state index contributed by atoms with van der Waals surface area (Å²) in [6.07, 6.45) is -1.42. The summed E-state index contributed by atoms with van der Waals surface area (Å²) in [6, 6.07) is 8.02. The van der Waals surface area contributed by atoms with Crippen molar-refractivity contribution in [2.75, 3.05) is 0 Å². The molecule has 1 aromatic carbocycles. The molecule has 2 heterocycles. The van der Waals surface area contributed by atoms with Gasteiger partial charge in [-0.2, -0.15) is 15.8 Å². The highest BCUT2D eigenvalue weighted by atomic mass is 19.1. The van der Waals surface area contributed by atoms with Crippen LogP contribution in [0.4, 0.5) is 8.78 Å². The summed E-state index contributed by atoms with van der Waals surface area (Å²) in [5.74, 6) is -4.58. The van der Waals surface area contributed by atoms with Crippen molar-refractivity contribution >= 4 is 5.90 Å². The van der Waals surface area contributed by atoms with Crippen LogP contribution in [-0.2, 0) is 9.47 Å². The molecule has 0 amide bonds. The number of fused-ring (bicyclic) bond motifs is 2. The molecular weight excluding hydrogens is 342 g/mol. The number of nitrogens with one attached hydrogen (secondary N) is 1. The minimum Gasteiger partial charge on any atom is -0.447 e. The molecule has 2 saturated heterocycles. The van der Waals surface area contributed by atoms with Crippen molar-refractivity contribution in [1.82, 2.24) is 0 Å². The van der Waals surface area contributed by atoms with Crippen LogP contribution in [0.5, 0.6) is 0 Å². The minimum atomic E-state index is -2.29. The van der Waals surface area contributed by atoms with Gasteiger partial charge in [0.05, 0.1) is 24.1 Å². The van der Waals surface area contributed by atoms with Gasteiger partial charge in [-0.05, 0) is 18.2 Å². The molecular formula is C18H14F2N4O2. The Morgan fingerprint density at radius 3 is 2.38 bits per heavy atom. The summed E-state index contributed by atoms with van der Waals surface area (Å²) in [5, 5.41) is 37.8. The van der Waals surface area contributed by atoms with Crippen LogP contribution in [0.25, 0.3) is 0 Å². The summed E-state index contributed by atoms with van der Waals surface area (Å²) in [4.78, 5) is 0. The van der Waals surface area contributed by atoms with E-state index in [2.05, 4.69) is 0 Å². The molecule has 0 aliphatic carbocycles. The van der Waals surface area contributed by atoms with Crippen LogP contribution >= 0.6 is 0 Å². The summed E-state index contributed by atoms with van der Waals surface area (Å²) in [6.45, 7) is 3.23. The Hall–Kier alpha value is -3.02. The van der Waals surface area contributed by atoms with Gasteiger partial charge in [-0.1, -0.05) is 13.8 Å². The molecule has 2 aliphatic heterocycles. The van der Waals surface area contributed by atoms with E-state index in [9.17, 15) is 24.6 Å². The van der Waals surface area contributed by atoms with Gasteiger partial charge in [-0.15, -0.1) is 0 Å². The Morgan fingerprint density at radius 2 is 1.85 bits per heavy atom. The molecule has 0 spiro atoms. The summed E-state index contributed by atoms with van der Waals surface area (Å²) in [5.41, 5.74) is -4.63. The number of benzene rings is 1. The number of rotatable bonds is 2. The second kappa shape index (κ2) is 5.49. The molecule has 1 N–H and O–H groups in total. The fourth-order valence-corrected chi connectivity index (χ4v) is 4.04. The predicted molar refractivity (Wildman–Crippen MR) is 82.9 cm³/mol. The van der Waals surface area contributed by atoms with E-state index in [1.54, 1.807) is 26.0 Å². The quantitative estimate of drug-likeness (QED) is 0.873. The van der Waals surface area contributed by atoms with Crippen molar-refractivity contribution in [3.8, 4) is 18.2 Å². The molecule has 4 atom stereocenters. The van der Waals surface area contributed by atoms with Gasteiger partial charge in [0, 0.05) is 12.0 Å². The van der Waals surface area contributed by atoms with Crippen molar-refractivity contribution in [3.63, 3.8) is 0 Å². The van der Waals surface area contributed by atoms with Crippen LogP contribution in [-0.4, -0.2) is 11.7 Å². The lowest BCUT2D eigenvalue weighted by atomic mass is 9.53. The first-order valence-electron chi connectivity index (χ1n) is 7.93. The van der Waals surface area contributed by atoms with E-state index in [-0.39, 0.29) is 12.0 Å². The Bertz CT molecular complexity index is 915. The third-order valence-corrected chi connectivity index (χ3v) is 5.54. The maximum Gasteiger partial charge on any atom is 0.217 e. The third-order valence-electron chi connectivity index (χ3n) is 5.54. The largest absolute Gasteiger partial charge is 0.447 e. The van der Waals surface area contributed by atoms with Gasteiger partial charge in [-0.25, -0.2) is 8.78 Å².